The molecule has 0 aliphatic carbocycles. The van der Waals surface area contributed by atoms with Crippen molar-refractivity contribution in [2.45, 2.75) is 13.5 Å². The van der Waals surface area contributed by atoms with Gasteiger partial charge in [0.05, 0.1) is 12.5 Å². The molecule has 2 rings (SSSR count). The van der Waals surface area contributed by atoms with Gasteiger partial charge in [0.25, 0.3) is 0 Å². The van der Waals surface area contributed by atoms with Crippen molar-refractivity contribution < 1.29 is 4.42 Å². The maximum atomic E-state index is 5.66. The molecule has 18 heavy (non-hydrogen) atoms. The van der Waals surface area contributed by atoms with E-state index in [-0.39, 0.29) is 0 Å². The molecule has 4 nitrogen and oxygen atoms in total. The van der Waals surface area contributed by atoms with E-state index in [0.29, 0.717) is 4.99 Å². The lowest BCUT2D eigenvalue weighted by Gasteiger charge is -2.18. The molecule has 0 aliphatic rings. The zero-order chi connectivity index (χ0) is 13.1. The van der Waals surface area contributed by atoms with Gasteiger partial charge in [0.2, 0.25) is 0 Å². The van der Waals surface area contributed by atoms with E-state index in [2.05, 4.69) is 4.98 Å². The van der Waals surface area contributed by atoms with Crippen LogP contribution in [0.4, 0.5) is 5.82 Å². The predicted molar refractivity (Wildman–Crippen MR) is 75.7 cm³/mol. The van der Waals surface area contributed by atoms with Crippen molar-refractivity contribution in [2.75, 3.05) is 11.9 Å². The Kier molecular flexibility index (Phi) is 3.62. The van der Waals surface area contributed by atoms with Crippen LogP contribution in [0.5, 0.6) is 0 Å². The Morgan fingerprint density at radius 3 is 2.89 bits per heavy atom. The van der Waals surface area contributed by atoms with E-state index >= 15 is 0 Å². The summed E-state index contributed by atoms with van der Waals surface area (Å²) in [6.45, 7) is 2.65. The second-order valence-corrected chi connectivity index (χ2v) is 4.65. The van der Waals surface area contributed by atoms with Gasteiger partial charge in [0.1, 0.15) is 10.8 Å². The van der Waals surface area contributed by atoms with Crippen molar-refractivity contribution in [1.82, 2.24) is 4.98 Å². The largest absolute Gasteiger partial charge is 0.472 e. The maximum absolute atomic E-state index is 5.66. The summed E-state index contributed by atoms with van der Waals surface area (Å²) in [7, 11) is 1.97. The van der Waals surface area contributed by atoms with Gasteiger partial charge in [-0.15, -0.1) is 0 Å². The highest BCUT2D eigenvalue weighted by atomic mass is 32.1. The van der Waals surface area contributed by atoms with Crippen LogP contribution in [0.3, 0.4) is 0 Å². The van der Waals surface area contributed by atoms with Crippen molar-refractivity contribution >= 4 is 23.0 Å². The topological polar surface area (TPSA) is 55.3 Å². The van der Waals surface area contributed by atoms with Gasteiger partial charge in [0.15, 0.2) is 0 Å². The summed E-state index contributed by atoms with van der Waals surface area (Å²) >= 11 is 5.00. The van der Waals surface area contributed by atoms with Gasteiger partial charge >= 0.3 is 0 Å². The molecule has 0 fully saturated rings. The Labute approximate surface area is 111 Å². The molecule has 94 valence electrons. The molecule has 0 aromatic carbocycles. The fourth-order valence-corrected chi connectivity index (χ4v) is 1.84. The quantitative estimate of drug-likeness (QED) is 0.855. The number of nitrogens with zero attached hydrogens (tertiary/aromatic N) is 2. The summed E-state index contributed by atoms with van der Waals surface area (Å²) in [5.74, 6) is 0.846. The third kappa shape index (κ3) is 2.87. The smallest absolute Gasteiger partial charge is 0.129 e. The molecule has 0 bridgehead atoms. The second-order valence-electron chi connectivity index (χ2n) is 4.21. The minimum Gasteiger partial charge on any atom is -0.472 e. The number of aromatic nitrogens is 1. The lowest BCUT2D eigenvalue weighted by molar-refractivity contribution is 0.563. The molecule has 0 saturated carbocycles. The second kappa shape index (κ2) is 5.18. The Hall–Kier alpha value is -1.88. The highest BCUT2D eigenvalue weighted by Crippen LogP contribution is 2.16. The van der Waals surface area contributed by atoms with Crippen molar-refractivity contribution in [3.63, 3.8) is 0 Å². The molecule has 2 aromatic rings. The number of hydrogen-bond donors (Lipinski definition) is 1. The molecule has 0 aliphatic heterocycles. The van der Waals surface area contributed by atoms with Crippen LogP contribution >= 0.6 is 12.2 Å². The first-order valence-corrected chi connectivity index (χ1v) is 5.98. The van der Waals surface area contributed by atoms with Gasteiger partial charge in [-0.05, 0) is 25.1 Å². The van der Waals surface area contributed by atoms with Gasteiger partial charge in [0, 0.05) is 30.4 Å². The Bertz CT molecular complexity index is 551. The molecule has 5 heteroatoms. The molecule has 0 unspecified atom stereocenters. The monoisotopic (exact) mass is 261 g/mol. The van der Waals surface area contributed by atoms with Crippen molar-refractivity contribution in [2.24, 2.45) is 5.73 Å². The summed E-state index contributed by atoms with van der Waals surface area (Å²) in [5, 5.41) is 0. The summed E-state index contributed by atoms with van der Waals surface area (Å²) in [5.41, 5.74) is 8.49. The van der Waals surface area contributed by atoms with Gasteiger partial charge in [-0.1, -0.05) is 12.2 Å². The first-order valence-electron chi connectivity index (χ1n) is 5.57. The van der Waals surface area contributed by atoms with Crippen LogP contribution in [0.1, 0.15) is 16.8 Å². The van der Waals surface area contributed by atoms with E-state index in [9.17, 15) is 0 Å². The number of rotatable bonds is 4. The van der Waals surface area contributed by atoms with Crippen LogP contribution in [0.2, 0.25) is 0 Å². The van der Waals surface area contributed by atoms with E-state index in [0.717, 1.165) is 29.2 Å². The zero-order valence-corrected chi connectivity index (χ0v) is 11.2. The third-order valence-electron chi connectivity index (χ3n) is 2.62. The van der Waals surface area contributed by atoms with Crippen molar-refractivity contribution in [1.29, 1.82) is 0 Å². The highest BCUT2D eigenvalue weighted by Gasteiger charge is 2.08. The van der Waals surface area contributed by atoms with Crippen LogP contribution in [0, 0.1) is 6.92 Å². The third-order valence-corrected chi connectivity index (χ3v) is 2.85. The number of anilines is 1. The van der Waals surface area contributed by atoms with Crippen LogP contribution < -0.4 is 10.6 Å². The number of aryl methyl sites for hydroxylation is 1. The van der Waals surface area contributed by atoms with Gasteiger partial charge in [-0.2, -0.15) is 0 Å². The Balaban J connectivity index is 2.24. The van der Waals surface area contributed by atoms with E-state index in [4.69, 9.17) is 22.4 Å². The highest BCUT2D eigenvalue weighted by molar-refractivity contribution is 7.80. The number of hydrogen-bond acceptors (Lipinski definition) is 4. The first kappa shape index (κ1) is 12.6. The number of pyridine rings is 1. The zero-order valence-electron chi connectivity index (χ0n) is 10.4. The summed E-state index contributed by atoms with van der Waals surface area (Å²) in [4.78, 5) is 6.89. The van der Waals surface area contributed by atoms with Gasteiger partial charge in [-0.3, -0.25) is 0 Å². The summed E-state index contributed by atoms with van der Waals surface area (Å²) < 4.78 is 5.05. The fourth-order valence-electron chi connectivity index (χ4n) is 1.73. The number of thiocarbonyl (C=S) groups is 1. The van der Waals surface area contributed by atoms with Crippen LogP contribution in [-0.2, 0) is 6.54 Å². The maximum Gasteiger partial charge on any atom is 0.129 e. The lowest BCUT2D eigenvalue weighted by atomic mass is 10.2. The average molecular weight is 261 g/mol. The van der Waals surface area contributed by atoms with Crippen LogP contribution in [-0.4, -0.2) is 17.0 Å². The number of nitrogens with two attached hydrogens (primary N) is 1. The van der Waals surface area contributed by atoms with Crippen LogP contribution in [0.25, 0.3) is 0 Å². The minimum absolute atomic E-state index is 0.387. The van der Waals surface area contributed by atoms with Crippen LogP contribution in [0.15, 0.2) is 35.1 Å². The first-order chi connectivity index (χ1) is 8.56. The molecule has 2 aromatic heterocycles. The minimum atomic E-state index is 0.387. The van der Waals surface area contributed by atoms with Gasteiger partial charge < -0.3 is 15.1 Å². The predicted octanol–water partition coefficient (Wildman–Crippen LogP) is 2.25. The molecule has 0 saturated heterocycles. The van der Waals surface area contributed by atoms with E-state index in [1.807, 2.05) is 37.1 Å². The van der Waals surface area contributed by atoms with E-state index in [1.54, 1.807) is 12.5 Å². The normalized spacial score (nSPS) is 10.3. The summed E-state index contributed by atoms with van der Waals surface area (Å²) in [6, 6.07) is 5.72. The van der Waals surface area contributed by atoms with E-state index < -0.39 is 0 Å². The molecular formula is C13H15N3OS. The fraction of sp³-hybridized carbons (Fsp3) is 0.231. The lowest BCUT2D eigenvalue weighted by Crippen LogP contribution is -2.19. The number of furan rings is 1. The molecule has 0 atom stereocenters. The Morgan fingerprint density at radius 2 is 2.28 bits per heavy atom. The average Bonchev–Trinajstić information content (AvgIpc) is 2.80. The molecule has 2 heterocycles. The van der Waals surface area contributed by atoms with Gasteiger partial charge in [-0.25, -0.2) is 4.98 Å². The Morgan fingerprint density at radius 1 is 1.50 bits per heavy atom. The van der Waals surface area contributed by atoms with Crippen molar-refractivity contribution in [3.8, 4) is 0 Å². The molecule has 0 spiro atoms. The molecule has 0 radical (unpaired) electrons. The van der Waals surface area contributed by atoms with E-state index in [1.165, 1.54) is 0 Å². The van der Waals surface area contributed by atoms with Crippen molar-refractivity contribution in [3.05, 3.63) is 47.5 Å². The molecule has 2 N–H and O–H groups in total. The standard InChI is InChI=1S/C13H15N3OS/c1-9-5-11(13(14)18)6-12(15-9)16(2)7-10-3-4-17-8-10/h3-6,8H,7H2,1-2H3,(H2,14,18). The molecule has 0 amide bonds. The SMILES string of the molecule is Cc1cc(C(N)=S)cc(N(C)Cc2ccoc2)n1. The molecular weight excluding hydrogens is 246 g/mol. The summed E-state index contributed by atoms with van der Waals surface area (Å²) in [6.07, 6.45) is 3.38.